The number of ketones is 1. The third-order valence-corrected chi connectivity index (χ3v) is 13.3. The maximum Gasteiger partial charge on any atom is 0.270 e. The number of benzene rings is 6. The highest BCUT2D eigenvalue weighted by Gasteiger charge is 2.40. The second-order valence-electron chi connectivity index (χ2n) is 17.7. The molecule has 0 bridgehead atoms. The van der Waals surface area contributed by atoms with Crippen molar-refractivity contribution in [2.24, 2.45) is 5.92 Å². The SMILES string of the molecule is CC(F)(F)c1ccc(C(C)(C)CC(=O)C(CCC2c3ccccc3-c3ccccc32)COC(c2ccccc2)(c2ccccc2)c2ccc(C3CCCCC3)cc2)cc1. The van der Waals surface area contributed by atoms with Crippen molar-refractivity contribution in [1.82, 2.24) is 0 Å². The fourth-order valence-electron chi connectivity index (χ4n) is 9.92. The van der Waals surface area contributed by atoms with Crippen molar-refractivity contribution in [2.45, 2.75) is 101 Å². The zero-order valence-electron chi connectivity index (χ0n) is 34.7. The van der Waals surface area contributed by atoms with Gasteiger partial charge in [-0.3, -0.25) is 4.79 Å². The first-order chi connectivity index (χ1) is 28.5. The molecule has 0 aromatic heterocycles. The fourth-order valence-corrected chi connectivity index (χ4v) is 9.92. The Hall–Kier alpha value is -5.19. The lowest BCUT2D eigenvalue weighted by molar-refractivity contribution is -0.128. The molecule has 1 fully saturated rings. The number of halogens is 2. The normalized spacial score (nSPS) is 15.4. The number of rotatable bonds is 15. The fraction of sp³-hybridized carbons (Fsp3) is 0.327. The van der Waals surface area contributed by atoms with Gasteiger partial charge in [0.1, 0.15) is 11.4 Å². The summed E-state index contributed by atoms with van der Waals surface area (Å²) in [6, 6.07) is 53.7. The van der Waals surface area contributed by atoms with Crippen molar-refractivity contribution in [3.8, 4) is 11.1 Å². The molecule has 0 spiro atoms. The molecule has 6 aromatic rings. The minimum atomic E-state index is -2.93. The van der Waals surface area contributed by atoms with Crippen LogP contribution in [-0.4, -0.2) is 12.4 Å². The molecule has 1 unspecified atom stereocenters. The van der Waals surface area contributed by atoms with Crippen molar-refractivity contribution >= 4 is 5.78 Å². The van der Waals surface area contributed by atoms with E-state index in [2.05, 4.69) is 121 Å². The molecule has 0 amide bonds. The Balaban J connectivity index is 1.16. The third-order valence-electron chi connectivity index (χ3n) is 13.3. The van der Waals surface area contributed by atoms with Crippen LogP contribution >= 0.6 is 0 Å². The average Bonchev–Trinajstić information content (AvgIpc) is 3.59. The molecule has 59 heavy (non-hydrogen) atoms. The van der Waals surface area contributed by atoms with Crippen LogP contribution < -0.4 is 0 Å². The summed E-state index contributed by atoms with van der Waals surface area (Å²) in [5.41, 5.74) is 8.82. The molecule has 2 aliphatic rings. The molecule has 0 aliphatic heterocycles. The Kier molecular flexibility index (Phi) is 11.8. The minimum Gasteiger partial charge on any atom is -0.360 e. The van der Waals surface area contributed by atoms with Crippen LogP contribution in [0.1, 0.15) is 128 Å². The van der Waals surface area contributed by atoms with E-state index >= 15 is 4.79 Å². The number of alkyl halides is 2. The maximum absolute atomic E-state index is 15.0. The molecular formula is C55H56F2O2. The largest absolute Gasteiger partial charge is 0.360 e. The van der Waals surface area contributed by atoms with Gasteiger partial charge in [-0.05, 0) is 87.1 Å². The summed E-state index contributed by atoms with van der Waals surface area (Å²) in [4.78, 5) is 15.0. The van der Waals surface area contributed by atoms with Crippen LogP contribution in [0.2, 0.25) is 0 Å². The zero-order chi connectivity index (χ0) is 41.0. The van der Waals surface area contributed by atoms with Gasteiger partial charge in [0.25, 0.3) is 5.92 Å². The summed E-state index contributed by atoms with van der Waals surface area (Å²) in [7, 11) is 0. The molecule has 4 heteroatoms. The Morgan fingerprint density at radius 3 is 1.61 bits per heavy atom. The van der Waals surface area contributed by atoms with Crippen LogP contribution in [-0.2, 0) is 26.5 Å². The lowest BCUT2D eigenvalue weighted by Crippen LogP contribution is -2.37. The van der Waals surface area contributed by atoms with E-state index in [1.54, 1.807) is 12.1 Å². The molecular weight excluding hydrogens is 731 g/mol. The van der Waals surface area contributed by atoms with Gasteiger partial charge in [-0.25, -0.2) is 8.78 Å². The van der Waals surface area contributed by atoms with Crippen molar-refractivity contribution in [3.63, 3.8) is 0 Å². The molecule has 2 nitrogen and oxygen atoms in total. The van der Waals surface area contributed by atoms with Crippen molar-refractivity contribution < 1.29 is 18.3 Å². The first kappa shape index (κ1) is 40.6. The van der Waals surface area contributed by atoms with Crippen molar-refractivity contribution in [1.29, 1.82) is 0 Å². The predicted octanol–water partition coefficient (Wildman–Crippen LogP) is 14.3. The maximum atomic E-state index is 15.0. The summed E-state index contributed by atoms with van der Waals surface area (Å²) in [6.07, 6.45) is 7.98. The van der Waals surface area contributed by atoms with Gasteiger partial charge < -0.3 is 4.74 Å². The van der Waals surface area contributed by atoms with Gasteiger partial charge in [0, 0.05) is 30.7 Å². The number of carbonyl (C=O) groups is 1. The number of fused-ring (bicyclic) bond motifs is 3. The van der Waals surface area contributed by atoms with Crippen LogP contribution in [0.15, 0.2) is 158 Å². The topological polar surface area (TPSA) is 26.3 Å². The summed E-state index contributed by atoms with van der Waals surface area (Å²) >= 11 is 0. The molecule has 6 aromatic carbocycles. The van der Waals surface area contributed by atoms with Gasteiger partial charge in [-0.2, -0.15) is 0 Å². The highest BCUT2D eigenvalue weighted by molar-refractivity contribution is 5.83. The van der Waals surface area contributed by atoms with E-state index in [1.807, 2.05) is 26.0 Å². The first-order valence-corrected chi connectivity index (χ1v) is 21.6. The zero-order valence-corrected chi connectivity index (χ0v) is 34.7. The molecule has 0 radical (unpaired) electrons. The second-order valence-corrected chi connectivity index (χ2v) is 17.7. The van der Waals surface area contributed by atoms with E-state index in [0.717, 1.165) is 35.6 Å². The van der Waals surface area contributed by atoms with Crippen LogP contribution in [0.5, 0.6) is 0 Å². The second kappa shape index (κ2) is 17.2. The highest BCUT2D eigenvalue weighted by Crippen LogP contribution is 2.48. The molecule has 0 heterocycles. The number of hydrogen-bond acceptors (Lipinski definition) is 2. The van der Waals surface area contributed by atoms with E-state index in [4.69, 9.17) is 4.74 Å². The number of hydrogen-bond donors (Lipinski definition) is 0. The standard InChI is InChI=1S/C55H56F2O2/c1-53(2,42-32-34-43(35-33-42)54(3,56)57)37-52(58)41(29-36-51-49-25-15-13-23-47(49)48-24-14-16-26-50(48)51)38-59-55(44-19-9-5-10-20-44,45-21-11-6-12-22-45)46-30-27-40(28-31-46)39-17-7-4-8-18-39/h5-6,9-16,19-28,30-35,39,41,51H,4,7-8,17-18,29,36-38H2,1-3H3. The Bertz CT molecular complexity index is 2230. The van der Waals surface area contributed by atoms with Crippen molar-refractivity contribution in [3.05, 3.63) is 202 Å². The van der Waals surface area contributed by atoms with Gasteiger partial charge in [-0.15, -0.1) is 0 Å². The summed E-state index contributed by atoms with van der Waals surface area (Å²) < 4.78 is 35.8. The molecule has 302 valence electrons. The van der Waals surface area contributed by atoms with Crippen LogP contribution in [0.3, 0.4) is 0 Å². The summed E-state index contributed by atoms with van der Waals surface area (Å²) in [5, 5.41) is 0. The van der Waals surface area contributed by atoms with Gasteiger partial charge in [0.05, 0.1) is 6.61 Å². The molecule has 2 aliphatic carbocycles. The monoisotopic (exact) mass is 786 g/mol. The van der Waals surface area contributed by atoms with Gasteiger partial charge >= 0.3 is 0 Å². The summed E-state index contributed by atoms with van der Waals surface area (Å²) in [6.45, 7) is 5.20. The average molecular weight is 787 g/mol. The smallest absolute Gasteiger partial charge is 0.270 e. The molecule has 0 N–H and O–H groups in total. The first-order valence-electron chi connectivity index (χ1n) is 21.6. The van der Waals surface area contributed by atoms with E-state index in [-0.39, 0.29) is 30.3 Å². The van der Waals surface area contributed by atoms with Gasteiger partial charge in [-0.1, -0.05) is 191 Å². The van der Waals surface area contributed by atoms with E-state index in [9.17, 15) is 8.78 Å². The van der Waals surface area contributed by atoms with Crippen LogP contribution in [0.4, 0.5) is 8.78 Å². The quantitative estimate of drug-likeness (QED) is 0.0969. The Morgan fingerprint density at radius 1 is 0.593 bits per heavy atom. The third kappa shape index (κ3) is 8.48. The van der Waals surface area contributed by atoms with Gasteiger partial charge in [0.15, 0.2) is 0 Å². The molecule has 0 saturated heterocycles. The Morgan fingerprint density at radius 2 is 1.07 bits per heavy atom. The molecule has 1 atom stereocenters. The van der Waals surface area contributed by atoms with Gasteiger partial charge in [0.2, 0.25) is 0 Å². The van der Waals surface area contributed by atoms with E-state index in [0.29, 0.717) is 12.3 Å². The number of ether oxygens (including phenoxy) is 1. The molecule has 1 saturated carbocycles. The number of carbonyl (C=O) groups excluding carboxylic acids is 1. The lowest BCUT2D eigenvalue weighted by atomic mass is 9.76. The van der Waals surface area contributed by atoms with Crippen molar-refractivity contribution in [2.75, 3.05) is 6.61 Å². The minimum absolute atomic E-state index is 0.0308. The van der Waals surface area contributed by atoms with Crippen LogP contribution in [0.25, 0.3) is 11.1 Å². The van der Waals surface area contributed by atoms with Crippen LogP contribution in [0, 0.1) is 5.92 Å². The molecule has 8 rings (SSSR count). The number of Topliss-reactive ketones (excluding diaryl/α,β-unsaturated/α-hetero) is 1. The van der Waals surface area contributed by atoms with E-state index in [1.165, 1.54) is 72.1 Å². The van der Waals surface area contributed by atoms with E-state index < -0.39 is 22.9 Å². The predicted molar refractivity (Wildman–Crippen MR) is 236 cm³/mol. The lowest BCUT2D eigenvalue weighted by Gasteiger charge is -2.38. The summed E-state index contributed by atoms with van der Waals surface area (Å²) in [5.74, 6) is -2.51. The highest BCUT2D eigenvalue weighted by atomic mass is 19.3. The Labute approximate surface area is 349 Å².